The second-order valence-corrected chi connectivity index (χ2v) is 7.34. The molecule has 2 aromatic rings. The van der Waals surface area contributed by atoms with Crippen LogP contribution in [0.1, 0.15) is 48.5 Å². The van der Waals surface area contributed by atoms with Crippen molar-refractivity contribution in [2.24, 2.45) is 0 Å². The maximum Gasteiger partial charge on any atom is 0.255 e. The van der Waals surface area contributed by atoms with Crippen LogP contribution < -0.4 is 10.1 Å². The fourth-order valence-electron chi connectivity index (χ4n) is 3.33. The lowest BCUT2D eigenvalue weighted by Gasteiger charge is -2.29. The van der Waals surface area contributed by atoms with Crippen LogP contribution in [-0.2, 0) is 0 Å². The molecule has 0 aromatic heterocycles. The number of carbonyl (C=O) groups is 1. The number of nitrogens with zero attached hydrogens (tertiary/aromatic N) is 1. The van der Waals surface area contributed by atoms with Crippen molar-refractivity contribution in [3.8, 4) is 11.5 Å². The summed E-state index contributed by atoms with van der Waals surface area (Å²) in [5, 5.41) is 3.17. The molecule has 0 atom stereocenters. The van der Waals surface area contributed by atoms with Gasteiger partial charge in [0.05, 0.1) is 5.56 Å². The SMILES string of the molecule is CC(C)c1ccccc1Oc1ccccc1C(=O)NC1CCN(C)CC1. The third-order valence-corrected chi connectivity index (χ3v) is 4.95. The first-order valence-corrected chi connectivity index (χ1v) is 9.40. The van der Waals surface area contributed by atoms with E-state index in [-0.39, 0.29) is 11.9 Å². The molecular formula is C22H28N2O2. The lowest BCUT2D eigenvalue weighted by atomic mass is 10.0. The Hall–Kier alpha value is -2.33. The molecule has 138 valence electrons. The minimum Gasteiger partial charge on any atom is -0.456 e. The molecule has 0 bridgehead atoms. The van der Waals surface area contributed by atoms with E-state index in [0.717, 1.165) is 37.2 Å². The van der Waals surface area contributed by atoms with Gasteiger partial charge < -0.3 is 15.0 Å². The molecule has 0 aliphatic carbocycles. The predicted octanol–water partition coefficient (Wildman–Crippen LogP) is 4.43. The second-order valence-electron chi connectivity index (χ2n) is 7.34. The smallest absolute Gasteiger partial charge is 0.255 e. The van der Waals surface area contributed by atoms with Crippen LogP contribution in [-0.4, -0.2) is 37.0 Å². The van der Waals surface area contributed by atoms with E-state index in [1.165, 1.54) is 0 Å². The van der Waals surface area contributed by atoms with Crippen LogP contribution in [0.15, 0.2) is 48.5 Å². The van der Waals surface area contributed by atoms with Crippen LogP contribution in [0.2, 0.25) is 0 Å². The van der Waals surface area contributed by atoms with E-state index in [0.29, 0.717) is 17.2 Å². The van der Waals surface area contributed by atoms with Gasteiger partial charge in [0, 0.05) is 6.04 Å². The van der Waals surface area contributed by atoms with Crippen LogP contribution in [0.3, 0.4) is 0 Å². The summed E-state index contributed by atoms with van der Waals surface area (Å²) in [5.41, 5.74) is 1.73. The van der Waals surface area contributed by atoms with Gasteiger partial charge in [0.2, 0.25) is 0 Å². The Morgan fingerprint density at radius 3 is 2.35 bits per heavy atom. The molecule has 0 radical (unpaired) electrons. The third kappa shape index (κ3) is 4.44. The van der Waals surface area contributed by atoms with E-state index in [9.17, 15) is 4.79 Å². The highest BCUT2D eigenvalue weighted by Gasteiger charge is 2.21. The normalized spacial score (nSPS) is 15.8. The van der Waals surface area contributed by atoms with Crippen molar-refractivity contribution in [3.63, 3.8) is 0 Å². The minimum absolute atomic E-state index is 0.0582. The second kappa shape index (κ2) is 8.37. The quantitative estimate of drug-likeness (QED) is 0.866. The molecular weight excluding hydrogens is 324 g/mol. The maximum absolute atomic E-state index is 12.8. The number of benzene rings is 2. The Bertz CT molecular complexity index is 749. The van der Waals surface area contributed by atoms with Crippen molar-refractivity contribution >= 4 is 5.91 Å². The van der Waals surface area contributed by atoms with Crippen LogP contribution in [0, 0.1) is 0 Å². The number of nitrogens with one attached hydrogen (secondary N) is 1. The molecule has 26 heavy (non-hydrogen) atoms. The predicted molar refractivity (Wildman–Crippen MR) is 105 cm³/mol. The molecule has 0 saturated carbocycles. The van der Waals surface area contributed by atoms with Crippen LogP contribution in [0.5, 0.6) is 11.5 Å². The Kier molecular flexibility index (Phi) is 5.94. The zero-order valence-electron chi connectivity index (χ0n) is 15.9. The van der Waals surface area contributed by atoms with Gasteiger partial charge in [0.1, 0.15) is 11.5 Å². The molecule has 3 rings (SSSR count). The lowest BCUT2D eigenvalue weighted by molar-refractivity contribution is 0.0914. The molecule has 1 saturated heterocycles. The molecule has 1 aliphatic heterocycles. The number of piperidine rings is 1. The molecule has 1 aliphatic rings. The Morgan fingerprint density at radius 2 is 1.65 bits per heavy atom. The van der Waals surface area contributed by atoms with Gasteiger partial charge in [-0.2, -0.15) is 0 Å². The third-order valence-electron chi connectivity index (χ3n) is 4.95. The number of rotatable bonds is 5. The van der Waals surface area contributed by atoms with E-state index in [1.54, 1.807) is 0 Å². The maximum atomic E-state index is 12.8. The summed E-state index contributed by atoms with van der Waals surface area (Å²) < 4.78 is 6.16. The molecule has 4 heteroatoms. The molecule has 1 heterocycles. The van der Waals surface area contributed by atoms with Crippen molar-refractivity contribution in [2.45, 2.75) is 38.6 Å². The van der Waals surface area contributed by atoms with Crippen molar-refractivity contribution < 1.29 is 9.53 Å². The monoisotopic (exact) mass is 352 g/mol. The summed E-state index contributed by atoms with van der Waals surface area (Å²) in [7, 11) is 2.12. The summed E-state index contributed by atoms with van der Waals surface area (Å²) in [6.45, 7) is 6.32. The van der Waals surface area contributed by atoms with Gasteiger partial charge in [-0.3, -0.25) is 4.79 Å². The van der Waals surface area contributed by atoms with Gasteiger partial charge in [-0.1, -0.05) is 44.2 Å². The van der Waals surface area contributed by atoms with Gasteiger partial charge in [-0.05, 0) is 62.7 Å². The average molecular weight is 352 g/mol. The average Bonchev–Trinajstić information content (AvgIpc) is 2.64. The molecule has 4 nitrogen and oxygen atoms in total. The zero-order chi connectivity index (χ0) is 18.5. The standard InChI is InChI=1S/C22H28N2O2/c1-16(2)18-8-4-6-10-20(18)26-21-11-7-5-9-19(21)22(25)23-17-12-14-24(3)15-13-17/h4-11,16-17H,12-15H2,1-3H3,(H,23,25). The van der Waals surface area contributed by atoms with Crippen LogP contribution in [0.25, 0.3) is 0 Å². The Labute approximate surface area is 156 Å². The number of likely N-dealkylation sites (tertiary alicyclic amines) is 1. The first kappa shape index (κ1) is 18.5. The van der Waals surface area contributed by atoms with Crippen LogP contribution in [0.4, 0.5) is 0 Å². The summed E-state index contributed by atoms with van der Waals surface area (Å²) in [5.74, 6) is 1.71. The van der Waals surface area contributed by atoms with E-state index >= 15 is 0 Å². The van der Waals surface area contributed by atoms with Crippen molar-refractivity contribution in [1.29, 1.82) is 0 Å². The molecule has 0 unspecified atom stereocenters. The van der Waals surface area contributed by atoms with Crippen molar-refractivity contribution in [3.05, 3.63) is 59.7 Å². The van der Waals surface area contributed by atoms with E-state index in [1.807, 2.05) is 42.5 Å². The Morgan fingerprint density at radius 1 is 1.04 bits per heavy atom. The first-order chi connectivity index (χ1) is 12.5. The first-order valence-electron chi connectivity index (χ1n) is 9.40. The highest BCUT2D eigenvalue weighted by molar-refractivity contribution is 5.97. The van der Waals surface area contributed by atoms with Gasteiger partial charge in [0.15, 0.2) is 0 Å². The molecule has 0 spiro atoms. The highest BCUT2D eigenvalue weighted by Crippen LogP contribution is 2.32. The summed E-state index contributed by atoms with van der Waals surface area (Å²) in [4.78, 5) is 15.1. The minimum atomic E-state index is -0.0582. The van der Waals surface area contributed by atoms with E-state index in [4.69, 9.17) is 4.74 Å². The van der Waals surface area contributed by atoms with Crippen molar-refractivity contribution in [2.75, 3.05) is 20.1 Å². The van der Waals surface area contributed by atoms with Gasteiger partial charge in [0.25, 0.3) is 5.91 Å². The summed E-state index contributed by atoms with van der Waals surface area (Å²) in [6.07, 6.45) is 1.98. The van der Waals surface area contributed by atoms with Gasteiger partial charge in [-0.15, -0.1) is 0 Å². The summed E-state index contributed by atoms with van der Waals surface area (Å²) in [6, 6.07) is 15.7. The largest absolute Gasteiger partial charge is 0.456 e. The van der Waals surface area contributed by atoms with E-state index in [2.05, 4.69) is 37.2 Å². The number of amides is 1. The topological polar surface area (TPSA) is 41.6 Å². The molecule has 1 N–H and O–H groups in total. The molecule has 2 aromatic carbocycles. The number of carbonyl (C=O) groups excluding carboxylic acids is 1. The Balaban J connectivity index is 1.77. The fraction of sp³-hybridized carbons (Fsp3) is 0.409. The number of para-hydroxylation sites is 2. The lowest BCUT2D eigenvalue weighted by Crippen LogP contribution is -2.43. The van der Waals surface area contributed by atoms with E-state index < -0.39 is 0 Å². The fourth-order valence-corrected chi connectivity index (χ4v) is 3.33. The molecule has 1 amide bonds. The van der Waals surface area contributed by atoms with Gasteiger partial charge in [-0.25, -0.2) is 0 Å². The number of ether oxygens (including phenoxy) is 1. The highest BCUT2D eigenvalue weighted by atomic mass is 16.5. The molecule has 1 fully saturated rings. The number of hydrogen-bond acceptors (Lipinski definition) is 3. The summed E-state index contributed by atoms with van der Waals surface area (Å²) >= 11 is 0. The number of hydrogen-bond donors (Lipinski definition) is 1. The van der Waals surface area contributed by atoms with Crippen molar-refractivity contribution in [1.82, 2.24) is 10.2 Å². The zero-order valence-corrected chi connectivity index (χ0v) is 15.9. The van der Waals surface area contributed by atoms with Crippen LogP contribution >= 0.6 is 0 Å². The van der Waals surface area contributed by atoms with Gasteiger partial charge >= 0.3 is 0 Å².